The smallest absolute Gasteiger partial charge is 0.227 e. The molecule has 1 aliphatic heterocycles. The molecule has 5 aromatic rings. The monoisotopic (exact) mass is 646 g/mol. The first-order chi connectivity index (χ1) is 22.0. The predicted octanol–water partition coefficient (Wildman–Crippen LogP) is 7.46. The molecule has 45 heavy (non-hydrogen) atoms. The van der Waals surface area contributed by atoms with Gasteiger partial charge in [-0.15, -0.1) is 0 Å². The van der Waals surface area contributed by atoms with Crippen molar-refractivity contribution in [1.82, 2.24) is 19.9 Å². The molecule has 1 aliphatic rings. The van der Waals surface area contributed by atoms with Gasteiger partial charge < -0.3 is 20.3 Å². The van der Waals surface area contributed by atoms with Crippen molar-refractivity contribution in [3.05, 3.63) is 84.7 Å². The summed E-state index contributed by atoms with van der Waals surface area (Å²) in [6.07, 6.45) is 3.48. The number of benzene rings is 2. The molecule has 9 nitrogen and oxygen atoms in total. The van der Waals surface area contributed by atoms with Gasteiger partial charge in [0.1, 0.15) is 17.5 Å². The minimum absolute atomic E-state index is 0.00105. The molecule has 3 aromatic heterocycles. The highest BCUT2D eigenvalue weighted by atomic mass is 32.2. The van der Waals surface area contributed by atoms with E-state index in [0.717, 1.165) is 45.9 Å². The van der Waals surface area contributed by atoms with Gasteiger partial charge in [0, 0.05) is 37.1 Å². The zero-order chi connectivity index (χ0) is 31.2. The van der Waals surface area contributed by atoms with E-state index in [1.165, 1.54) is 29.5 Å². The SMILES string of the molecule is CCNc1nc(-c2cccc(N=S(CC)c3c(F)cccc3F)c2)c(-c2ccnc(Nc3ccc(N4CCOCC4)nc3)n2)s1. The van der Waals surface area contributed by atoms with E-state index in [2.05, 4.69) is 25.5 Å². The summed E-state index contributed by atoms with van der Waals surface area (Å²) in [5.74, 6) is 0.628. The lowest BCUT2D eigenvalue weighted by atomic mass is 10.1. The van der Waals surface area contributed by atoms with E-state index in [9.17, 15) is 8.78 Å². The molecule has 0 bridgehead atoms. The fourth-order valence-corrected chi connectivity index (χ4v) is 7.32. The maximum absolute atomic E-state index is 14.6. The maximum atomic E-state index is 14.6. The van der Waals surface area contributed by atoms with Crippen molar-refractivity contribution in [2.75, 3.05) is 54.1 Å². The van der Waals surface area contributed by atoms with Gasteiger partial charge in [-0.25, -0.2) is 33.1 Å². The second kappa shape index (κ2) is 14.2. The van der Waals surface area contributed by atoms with Crippen LogP contribution < -0.4 is 15.5 Å². The molecule has 1 fully saturated rings. The maximum Gasteiger partial charge on any atom is 0.227 e. The molecule has 232 valence electrons. The summed E-state index contributed by atoms with van der Waals surface area (Å²) in [5, 5.41) is 7.32. The molecule has 2 aromatic carbocycles. The van der Waals surface area contributed by atoms with Crippen LogP contribution in [0.2, 0.25) is 0 Å². The third-order valence-corrected chi connectivity index (χ3v) is 9.82. The van der Waals surface area contributed by atoms with Crippen LogP contribution in [-0.4, -0.2) is 58.5 Å². The van der Waals surface area contributed by atoms with E-state index >= 15 is 0 Å². The molecular weight excluding hydrogens is 615 g/mol. The zero-order valence-electron chi connectivity index (χ0n) is 24.8. The van der Waals surface area contributed by atoms with Crippen LogP contribution in [0.5, 0.6) is 0 Å². The van der Waals surface area contributed by atoms with Crippen molar-refractivity contribution < 1.29 is 13.5 Å². The zero-order valence-corrected chi connectivity index (χ0v) is 26.5. The van der Waals surface area contributed by atoms with E-state index < -0.39 is 22.3 Å². The topological polar surface area (TPSA) is 100 Å². The summed E-state index contributed by atoms with van der Waals surface area (Å²) < 4.78 is 39.4. The lowest BCUT2D eigenvalue weighted by Crippen LogP contribution is -2.36. The number of hydrogen-bond acceptors (Lipinski definition) is 10. The second-order valence-corrected chi connectivity index (χ2v) is 12.9. The van der Waals surface area contributed by atoms with E-state index in [1.807, 2.05) is 56.3 Å². The summed E-state index contributed by atoms with van der Waals surface area (Å²) in [6, 6.07) is 17.2. The minimum Gasteiger partial charge on any atom is -0.378 e. The highest BCUT2D eigenvalue weighted by molar-refractivity contribution is 7.87. The Balaban J connectivity index is 1.30. The summed E-state index contributed by atoms with van der Waals surface area (Å²) in [6.45, 7) is 7.62. The van der Waals surface area contributed by atoms with Gasteiger partial charge in [-0.2, -0.15) is 0 Å². The number of nitrogens with zero attached hydrogens (tertiary/aromatic N) is 6. The van der Waals surface area contributed by atoms with Gasteiger partial charge in [0.05, 0.1) is 51.9 Å². The van der Waals surface area contributed by atoms with Gasteiger partial charge in [-0.3, -0.25) is 0 Å². The summed E-state index contributed by atoms with van der Waals surface area (Å²) in [4.78, 5) is 21.8. The third-order valence-electron chi connectivity index (χ3n) is 6.95. The number of morpholine rings is 1. The molecule has 4 heterocycles. The number of thiazole rings is 1. The number of hydrogen-bond donors (Lipinski definition) is 2. The number of halogens is 2. The predicted molar refractivity (Wildman–Crippen MR) is 178 cm³/mol. The summed E-state index contributed by atoms with van der Waals surface area (Å²) in [5.41, 5.74) is 3.63. The van der Waals surface area contributed by atoms with Gasteiger partial charge in [-0.1, -0.05) is 47.2 Å². The highest BCUT2D eigenvalue weighted by Gasteiger charge is 2.19. The van der Waals surface area contributed by atoms with Gasteiger partial charge in [0.15, 0.2) is 5.13 Å². The van der Waals surface area contributed by atoms with Gasteiger partial charge in [0.2, 0.25) is 5.95 Å². The van der Waals surface area contributed by atoms with Crippen LogP contribution in [0.25, 0.3) is 21.8 Å². The van der Waals surface area contributed by atoms with Crippen LogP contribution in [0.15, 0.2) is 82.3 Å². The fourth-order valence-electron chi connectivity index (χ4n) is 4.83. The summed E-state index contributed by atoms with van der Waals surface area (Å²) in [7, 11) is -0.996. The van der Waals surface area contributed by atoms with Crippen LogP contribution in [0, 0.1) is 11.6 Å². The van der Waals surface area contributed by atoms with E-state index in [1.54, 1.807) is 12.4 Å². The Bertz CT molecular complexity index is 1790. The van der Waals surface area contributed by atoms with Crippen molar-refractivity contribution in [2.24, 2.45) is 4.36 Å². The Morgan fingerprint density at radius 2 is 1.78 bits per heavy atom. The quantitative estimate of drug-likeness (QED) is 0.161. The number of rotatable bonds is 10. The average Bonchev–Trinajstić information content (AvgIpc) is 3.49. The van der Waals surface area contributed by atoms with Gasteiger partial charge in [-0.05, 0) is 49.4 Å². The highest BCUT2D eigenvalue weighted by Crippen LogP contribution is 2.39. The van der Waals surface area contributed by atoms with Crippen molar-refractivity contribution in [3.63, 3.8) is 0 Å². The standard InChI is InChI=1S/C32H32F2N8OS2/c1-3-35-32-40-28(21-7-5-8-22(19-21)41-45(4-2)30-24(33)9-6-10-25(30)34)29(44-32)26-13-14-36-31(39-26)38-23-11-12-27(37-20-23)42-15-17-43-18-16-42/h5-14,19-20H,3-4,15-18H2,1-2H3,(H,35,40)(H,36,38,39). The summed E-state index contributed by atoms with van der Waals surface area (Å²) >= 11 is 1.49. The van der Waals surface area contributed by atoms with E-state index in [-0.39, 0.29) is 4.90 Å². The Morgan fingerprint density at radius 3 is 2.51 bits per heavy atom. The first-order valence-electron chi connectivity index (χ1n) is 14.6. The van der Waals surface area contributed by atoms with E-state index in [4.69, 9.17) is 19.1 Å². The first kappa shape index (κ1) is 30.7. The molecule has 0 spiro atoms. The van der Waals surface area contributed by atoms with Crippen LogP contribution in [0.3, 0.4) is 0 Å². The molecule has 2 N–H and O–H groups in total. The molecule has 1 saturated heterocycles. The number of pyridine rings is 1. The number of nitrogens with one attached hydrogen (secondary N) is 2. The van der Waals surface area contributed by atoms with E-state index in [0.29, 0.717) is 42.8 Å². The molecule has 0 saturated carbocycles. The molecule has 0 aliphatic carbocycles. The molecular formula is C32H32F2N8OS2. The molecule has 0 amide bonds. The van der Waals surface area contributed by atoms with Crippen molar-refractivity contribution >= 4 is 50.3 Å². The Morgan fingerprint density at radius 1 is 0.978 bits per heavy atom. The Hall–Kier alpha value is -4.33. The Labute approximate surface area is 266 Å². The van der Waals surface area contributed by atoms with Crippen molar-refractivity contribution in [3.8, 4) is 21.8 Å². The largest absolute Gasteiger partial charge is 0.378 e. The normalized spacial score (nSPS) is 14.0. The minimum atomic E-state index is -0.996. The van der Waals surface area contributed by atoms with Crippen LogP contribution >= 0.6 is 11.3 Å². The first-order valence-corrected chi connectivity index (χ1v) is 16.8. The van der Waals surface area contributed by atoms with Gasteiger partial charge in [0.25, 0.3) is 0 Å². The lowest BCUT2D eigenvalue weighted by molar-refractivity contribution is 0.122. The number of ether oxygens (including phenoxy) is 1. The van der Waals surface area contributed by atoms with Gasteiger partial charge >= 0.3 is 0 Å². The van der Waals surface area contributed by atoms with Crippen molar-refractivity contribution in [2.45, 2.75) is 18.7 Å². The molecule has 13 heteroatoms. The molecule has 1 atom stereocenters. The molecule has 1 unspecified atom stereocenters. The van der Waals surface area contributed by atoms with Crippen LogP contribution in [0.1, 0.15) is 13.8 Å². The Kier molecular flexibility index (Phi) is 9.67. The lowest BCUT2D eigenvalue weighted by Gasteiger charge is -2.27. The fraction of sp³-hybridized carbons (Fsp3) is 0.250. The molecule has 0 radical (unpaired) electrons. The number of aromatic nitrogens is 4. The average molecular weight is 647 g/mol. The second-order valence-electron chi connectivity index (χ2n) is 9.97. The number of anilines is 4. The molecule has 6 rings (SSSR count). The van der Waals surface area contributed by atoms with Crippen molar-refractivity contribution in [1.29, 1.82) is 0 Å². The third kappa shape index (κ3) is 7.16. The van der Waals surface area contributed by atoms with Crippen LogP contribution in [0.4, 0.5) is 37.1 Å². The van der Waals surface area contributed by atoms with Crippen LogP contribution in [-0.2, 0) is 15.4 Å².